The molecular weight excluding hydrogens is 312 g/mol. The molecule has 1 aliphatic rings. The number of aliphatic hydroxyl groups is 1. The van der Waals surface area contributed by atoms with Crippen LogP contribution in [0.25, 0.3) is 0 Å². The fourth-order valence-corrected chi connectivity index (χ4v) is 3.40. The Balaban J connectivity index is 2.28. The van der Waals surface area contributed by atoms with E-state index in [1.165, 1.54) is 57.8 Å². The zero-order chi connectivity index (χ0) is 18.2. The highest BCUT2D eigenvalue weighted by molar-refractivity contribution is 5.69. The summed E-state index contributed by atoms with van der Waals surface area (Å²) in [5.41, 5.74) is 1.15. The van der Waals surface area contributed by atoms with Crippen molar-refractivity contribution in [3.63, 3.8) is 0 Å². The Kier molecular flexibility index (Phi) is 13.7. The average molecular weight is 353 g/mol. The molecule has 0 fully saturated rings. The van der Waals surface area contributed by atoms with Crippen LogP contribution < -0.4 is 0 Å². The summed E-state index contributed by atoms with van der Waals surface area (Å²) in [5.74, 6) is -0.0208. The Morgan fingerprint density at radius 1 is 0.840 bits per heavy atom. The molecule has 1 N–H and O–H groups in total. The highest BCUT2D eigenvalue weighted by Crippen LogP contribution is 2.16. The third-order valence-electron chi connectivity index (χ3n) is 5.21. The number of carbonyl (C=O) groups excluding carboxylic acids is 1. The van der Waals surface area contributed by atoms with E-state index in [-0.39, 0.29) is 12.1 Å². The predicted octanol–water partition coefficient (Wildman–Crippen LogP) is 6.09. The lowest BCUT2D eigenvalue weighted by Gasteiger charge is -2.11. The standard InChI is InChI=1S/C22H40O3/c1-20-16-12-8-4-2-3-7-11-15-19-25-22(24)18-14-10-6-5-9-13-17-21(20)23/h16,21,23H,2-15,17-19H2,1H3/b20-16+. The fourth-order valence-electron chi connectivity index (χ4n) is 3.40. The van der Waals surface area contributed by atoms with Crippen LogP contribution in [0.5, 0.6) is 0 Å². The average Bonchev–Trinajstić information content (AvgIpc) is 2.60. The highest BCUT2D eigenvalue weighted by atomic mass is 16.5. The summed E-state index contributed by atoms with van der Waals surface area (Å²) in [4.78, 5) is 11.6. The minimum absolute atomic E-state index is 0.0208. The molecule has 0 bridgehead atoms. The van der Waals surface area contributed by atoms with Crippen molar-refractivity contribution >= 4 is 5.97 Å². The summed E-state index contributed by atoms with van der Waals surface area (Å²) in [6.45, 7) is 2.67. The van der Waals surface area contributed by atoms with Crippen molar-refractivity contribution < 1.29 is 14.6 Å². The first-order valence-electron chi connectivity index (χ1n) is 10.7. The summed E-state index contributed by atoms with van der Waals surface area (Å²) in [7, 11) is 0. The molecule has 0 saturated carbocycles. The van der Waals surface area contributed by atoms with E-state index in [0.29, 0.717) is 13.0 Å². The molecule has 1 heterocycles. The molecule has 0 spiro atoms. The molecule has 0 aromatic rings. The van der Waals surface area contributed by atoms with E-state index in [4.69, 9.17) is 4.74 Å². The Bertz CT molecular complexity index is 362. The van der Waals surface area contributed by atoms with Crippen LogP contribution in [0.1, 0.15) is 110 Å². The third kappa shape index (κ3) is 13.1. The SMILES string of the molecule is C/C1=C\CCCCCCCCCOC(=O)CCCCCCCCC1O. The normalized spacial score (nSPS) is 27.2. The van der Waals surface area contributed by atoms with Gasteiger partial charge < -0.3 is 9.84 Å². The molecule has 1 unspecified atom stereocenters. The fraction of sp³-hybridized carbons (Fsp3) is 0.864. The molecular formula is C22H40O3. The molecule has 1 atom stereocenters. The van der Waals surface area contributed by atoms with Crippen LogP contribution in [0.4, 0.5) is 0 Å². The van der Waals surface area contributed by atoms with Crippen LogP contribution in [0.2, 0.25) is 0 Å². The van der Waals surface area contributed by atoms with Crippen LogP contribution in [-0.4, -0.2) is 23.8 Å². The maximum absolute atomic E-state index is 11.6. The van der Waals surface area contributed by atoms with Crippen molar-refractivity contribution in [3.8, 4) is 0 Å². The van der Waals surface area contributed by atoms with E-state index >= 15 is 0 Å². The van der Waals surface area contributed by atoms with Crippen LogP contribution in [0.15, 0.2) is 11.6 Å². The van der Waals surface area contributed by atoms with Gasteiger partial charge in [-0.2, -0.15) is 0 Å². The zero-order valence-electron chi connectivity index (χ0n) is 16.4. The van der Waals surface area contributed by atoms with Gasteiger partial charge in [-0.3, -0.25) is 4.79 Å². The molecule has 0 saturated heterocycles. The van der Waals surface area contributed by atoms with Gasteiger partial charge in [0.05, 0.1) is 12.7 Å². The number of ether oxygens (including phenoxy) is 1. The number of rotatable bonds is 0. The number of hydrogen-bond donors (Lipinski definition) is 1. The Morgan fingerprint density at radius 3 is 2.12 bits per heavy atom. The van der Waals surface area contributed by atoms with E-state index in [2.05, 4.69) is 13.0 Å². The van der Waals surface area contributed by atoms with Crippen molar-refractivity contribution in [1.29, 1.82) is 0 Å². The summed E-state index contributed by atoms with van der Waals surface area (Å²) in [6.07, 6.45) is 19.7. The topological polar surface area (TPSA) is 46.5 Å². The molecule has 0 aliphatic carbocycles. The van der Waals surface area contributed by atoms with Gasteiger partial charge >= 0.3 is 5.97 Å². The summed E-state index contributed by atoms with van der Waals surface area (Å²) < 4.78 is 5.30. The van der Waals surface area contributed by atoms with Crippen molar-refractivity contribution in [1.82, 2.24) is 0 Å². The predicted molar refractivity (Wildman–Crippen MR) is 105 cm³/mol. The lowest BCUT2D eigenvalue weighted by Crippen LogP contribution is -2.08. The molecule has 1 rings (SSSR count). The number of carbonyl (C=O) groups is 1. The monoisotopic (exact) mass is 352 g/mol. The maximum atomic E-state index is 11.6. The van der Waals surface area contributed by atoms with Crippen LogP contribution in [0, 0.1) is 0 Å². The van der Waals surface area contributed by atoms with Gasteiger partial charge in [-0.15, -0.1) is 0 Å². The van der Waals surface area contributed by atoms with Gasteiger partial charge in [-0.05, 0) is 44.6 Å². The highest BCUT2D eigenvalue weighted by Gasteiger charge is 2.06. The van der Waals surface area contributed by atoms with E-state index in [9.17, 15) is 9.90 Å². The van der Waals surface area contributed by atoms with Crippen molar-refractivity contribution in [2.45, 2.75) is 116 Å². The van der Waals surface area contributed by atoms with E-state index in [0.717, 1.165) is 44.1 Å². The molecule has 3 nitrogen and oxygen atoms in total. The maximum Gasteiger partial charge on any atom is 0.305 e. The van der Waals surface area contributed by atoms with Crippen LogP contribution in [0.3, 0.4) is 0 Å². The molecule has 0 radical (unpaired) electrons. The summed E-state index contributed by atoms with van der Waals surface area (Å²) >= 11 is 0. The van der Waals surface area contributed by atoms with Gasteiger partial charge in [0.15, 0.2) is 0 Å². The number of allylic oxidation sites excluding steroid dienone is 1. The Morgan fingerprint density at radius 2 is 1.40 bits per heavy atom. The molecule has 0 aromatic carbocycles. The Labute approximate surface area is 155 Å². The minimum atomic E-state index is -0.257. The minimum Gasteiger partial charge on any atom is -0.466 e. The quantitative estimate of drug-likeness (QED) is 0.424. The lowest BCUT2D eigenvalue weighted by molar-refractivity contribution is -0.143. The second-order valence-corrected chi connectivity index (χ2v) is 7.61. The van der Waals surface area contributed by atoms with E-state index < -0.39 is 0 Å². The first kappa shape index (κ1) is 22.2. The van der Waals surface area contributed by atoms with Gasteiger partial charge in [-0.1, -0.05) is 70.3 Å². The number of hydrogen-bond acceptors (Lipinski definition) is 3. The van der Waals surface area contributed by atoms with Gasteiger partial charge in [0, 0.05) is 6.42 Å². The zero-order valence-corrected chi connectivity index (χ0v) is 16.4. The molecule has 3 heteroatoms. The van der Waals surface area contributed by atoms with Crippen LogP contribution >= 0.6 is 0 Å². The molecule has 25 heavy (non-hydrogen) atoms. The van der Waals surface area contributed by atoms with E-state index in [1.54, 1.807) is 0 Å². The molecule has 0 aromatic heterocycles. The lowest BCUT2D eigenvalue weighted by atomic mass is 10.0. The number of cyclic esters (lactones) is 1. The second-order valence-electron chi connectivity index (χ2n) is 7.61. The second kappa shape index (κ2) is 15.4. The smallest absolute Gasteiger partial charge is 0.305 e. The molecule has 146 valence electrons. The van der Waals surface area contributed by atoms with Gasteiger partial charge in [0.25, 0.3) is 0 Å². The summed E-state index contributed by atoms with van der Waals surface area (Å²) in [5, 5.41) is 10.2. The third-order valence-corrected chi connectivity index (χ3v) is 5.21. The van der Waals surface area contributed by atoms with Crippen molar-refractivity contribution in [2.24, 2.45) is 0 Å². The van der Waals surface area contributed by atoms with E-state index in [1.807, 2.05) is 0 Å². The van der Waals surface area contributed by atoms with Crippen molar-refractivity contribution in [3.05, 3.63) is 11.6 Å². The number of aliphatic hydroxyl groups excluding tert-OH is 1. The first-order valence-corrected chi connectivity index (χ1v) is 10.7. The Hall–Kier alpha value is -0.830. The molecule has 1 aliphatic heterocycles. The van der Waals surface area contributed by atoms with Crippen LogP contribution in [-0.2, 0) is 9.53 Å². The van der Waals surface area contributed by atoms with Gasteiger partial charge in [0.1, 0.15) is 0 Å². The summed E-state index contributed by atoms with van der Waals surface area (Å²) in [6, 6.07) is 0. The largest absolute Gasteiger partial charge is 0.466 e. The molecule has 0 amide bonds. The van der Waals surface area contributed by atoms with Crippen molar-refractivity contribution in [2.75, 3.05) is 6.61 Å². The number of esters is 1. The first-order chi connectivity index (χ1) is 12.2. The van der Waals surface area contributed by atoms with Gasteiger partial charge in [-0.25, -0.2) is 0 Å². The van der Waals surface area contributed by atoms with Gasteiger partial charge in [0.2, 0.25) is 0 Å².